The van der Waals surface area contributed by atoms with Crippen LogP contribution in [0.1, 0.15) is 17.5 Å². The van der Waals surface area contributed by atoms with Gasteiger partial charge in [-0.25, -0.2) is 13.6 Å². The molecule has 1 aliphatic heterocycles. The maximum absolute atomic E-state index is 12.4. The van der Waals surface area contributed by atoms with Crippen molar-refractivity contribution in [1.29, 1.82) is 0 Å². The number of benzene rings is 2. The number of sulfonamides is 1. The lowest BCUT2D eigenvalue weighted by Crippen LogP contribution is -2.34. The van der Waals surface area contributed by atoms with E-state index < -0.39 is 15.9 Å². The lowest BCUT2D eigenvalue weighted by atomic mass is 10.1. The highest BCUT2D eigenvalue weighted by Crippen LogP contribution is 2.23. The van der Waals surface area contributed by atoms with Crippen molar-refractivity contribution in [3.05, 3.63) is 64.7 Å². The predicted octanol–water partition coefficient (Wildman–Crippen LogP) is 1.69. The van der Waals surface area contributed by atoms with Crippen molar-refractivity contribution < 1.29 is 18.0 Å². The topological polar surface area (TPSA) is 110 Å². The van der Waals surface area contributed by atoms with E-state index in [9.17, 15) is 18.0 Å². The van der Waals surface area contributed by atoms with Crippen LogP contribution in [0.5, 0.6) is 0 Å². The van der Waals surface area contributed by atoms with Gasteiger partial charge in [0.1, 0.15) is 0 Å². The summed E-state index contributed by atoms with van der Waals surface area (Å²) in [6, 6.07) is 13.5. The van der Waals surface area contributed by atoms with Gasteiger partial charge in [-0.05, 0) is 35.7 Å². The minimum Gasteiger partial charge on any atom is -0.355 e. The van der Waals surface area contributed by atoms with Gasteiger partial charge in [-0.1, -0.05) is 41.9 Å². The monoisotopic (exact) mass is 435 g/mol. The number of likely N-dealkylation sites (tertiary alicyclic amines) is 1. The van der Waals surface area contributed by atoms with Crippen LogP contribution in [-0.2, 0) is 32.6 Å². The number of rotatable bonds is 7. The Kier molecular flexibility index (Phi) is 6.56. The maximum Gasteiger partial charge on any atom is 0.238 e. The highest BCUT2D eigenvalue weighted by atomic mass is 35.5. The van der Waals surface area contributed by atoms with Crippen LogP contribution in [0.25, 0.3) is 0 Å². The molecule has 0 radical (unpaired) electrons. The lowest BCUT2D eigenvalue weighted by molar-refractivity contribution is -0.129. The highest BCUT2D eigenvalue weighted by Gasteiger charge is 2.34. The van der Waals surface area contributed by atoms with Crippen LogP contribution in [0.15, 0.2) is 53.4 Å². The first-order valence-electron chi connectivity index (χ1n) is 9.14. The summed E-state index contributed by atoms with van der Waals surface area (Å²) in [4.78, 5) is 26.4. The fraction of sp³-hybridized carbons (Fsp3) is 0.300. The fourth-order valence-corrected chi connectivity index (χ4v) is 3.96. The molecule has 29 heavy (non-hydrogen) atoms. The molecule has 9 heteroatoms. The van der Waals surface area contributed by atoms with Gasteiger partial charge in [0.2, 0.25) is 21.8 Å². The molecular weight excluding hydrogens is 414 g/mol. The van der Waals surface area contributed by atoms with Crippen molar-refractivity contribution in [2.24, 2.45) is 11.1 Å². The summed E-state index contributed by atoms with van der Waals surface area (Å²) in [6.45, 7) is 1.14. The molecular formula is C20H22ClN3O4S. The molecule has 3 rings (SSSR count). The molecule has 2 aromatic carbocycles. The van der Waals surface area contributed by atoms with Crippen LogP contribution < -0.4 is 10.5 Å². The molecule has 1 atom stereocenters. The van der Waals surface area contributed by atoms with Gasteiger partial charge in [0, 0.05) is 31.1 Å². The molecule has 2 aromatic rings. The number of halogens is 1. The average Bonchev–Trinajstić information content (AvgIpc) is 3.04. The number of hydrogen-bond donors (Lipinski definition) is 2. The van der Waals surface area contributed by atoms with E-state index in [0.717, 1.165) is 11.1 Å². The van der Waals surface area contributed by atoms with Crippen LogP contribution in [0.2, 0.25) is 5.02 Å². The number of amides is 2. The molecule has 0 saturated carbocycles. The number of carbonyl (C=O) groups is 2. The number of primary sulfonamides is 1. The van der Waals surface area contributed by atoms with Crippen molar-refractivity contribution in [1.82, 2.24) is 10.2 Å². The molecule has 0 aromatic heterocycles. The quantitative estimate of drug-likeness (QED) is 0.689. The Bertz CT molecular complexity index is 1010. The van der Waals surface area contributed by atoms with Crippen LogP contribution in [0, 0.1) is 5.92 Å². The minimum absolute atomic E-state index is 0.0494. The van der Waals surface area contributed by atoms with Crippen molar-refractivity contribution in [2.75, 3.05) is 13.1 Å². The summed E-state index contributed by atoms with van der Waals surface area (Å²) in [6.07, 6.45) is 0.722. The van der Waals surface area contributed by atoms with Crippen molar-refractivity contribution >= 4 is 33.4 Å². The molecule has 2 amide bonds. The molecule has 3 N–H and O–H groups in total. The van der Waals surface area contributed by atoms with Gasteiger partial charge in [-0.3, -0.25) is 9.59 Å². The number of nitrogens with zero attached hydrogens (tertiary/aromatic N) is 1. The molecule has 1 heterocycles. The van der Waals surface area contributed by atoms with Crippen LogP contribution in [-0.4, -0.2) is 38.2 Å². The first kappa shape index (κ1) is 21.3. The highest BCUT2D eigenvalue weighted by molar-refractivity contribution is 7.89. The van der Waals surface area contributed by atoms with Crippen LogP contribution in [0.3, 0.4) is 0 Å². The summed E-state index contributed by atoms with van der Waals surface area (Å²) in [5.41, 5.74) is 1.73. The first-order chi connectivity index (χ1) is 13.7. The van der Waals surface area contributed by atoms with Gasteiger partial charge in [0.15, 0.2) is 0 Å². The van der Waals surface area contributed by atoms with E-state index in [4.69, 9.17) is 16.7 Å². The van der Waals surface area contributed by atoms with Gasteiger partial charge in [-0.2, -0.15) is 0 Å². The SMILES string of the molecule is NS(=O)(=O)c1ccc(CCNC(=O)[C@@H]2CC(=O)N(Cc3ccccc3Cl)C2)cc1. The largest absolute Gasteiger partial charge is 0.355 e. The van der Waals surface area contributed by atoms with Gasteiger partial charge in [0.25, 0.3) is 0 Å². The zero-order valence-electron chi connectivity index (χ0n) is 15.7. The van der Waals surface area contributed by atoms with Gasteiger partial charge in [0.05, 0.1) is 10.8 Å². The van der Waals surface area contributed by atoms with Gasteiger partial charge in [-0.15, -0.1) is 0 Å². The zero-order valence-corrected chi connectivity index (χ0v) is 17.2. The Balaban J connectivity index is 1.49. The fourth-order valence-electron chi connectivity index (χ4n) is 3.25. The smallest absolute Gasteiger partial charge is 0.238 e. The van der Waals surface area contributed by atoms with Gasteiger partial charge >= 0.3 is 0 Å². The Morgan fingerprint density at radius 3 is 2.52 bits per heavy atom. The lowest BCUT2D eigenvalue weighted by Gasteiger charge is -2.17. The summed E-state index contributed by atoms with van der Waals surface area (Å²) in [7, 11) is -3.72. The summed E-state index contributed by atoms with van der Waals surface area (Å²) in [5, 5.41) is 8.52. The van der Waals surface area contributed by atoms with E-state index in [-0.39, 0.29) is 23.1 Å². The van der Waals surface area contributed by atoms with E-state index in [2.05, 4.69) is 5.32 Å². The Labute approximate surface area is 174 Å². The van der Waals surface area contributed by atoms with E-state index in [1.165, 1.54) is 12.1 Å². The molecule has 0 spiro atoms. The number of hydrogen-bond acceptors (Lipinski definition) is 4. The Hall–Kier alpha value is -2.42. The molecule has 7 nitrogen and oxygen atoms in total. The number of nitrogens with two attached hydrogens (primary N) is 1. The van der Waals surface area contributed by atoms with E-state index in [1.54, 1.807) is 23.1 Å². The Morgan fingerprint density at radius 1 is 1.17 bits per heavy atom. The van der Waals surface area contributed by atoms with Crippen molar-refractivity contribution in [2.45, 2.75) is 24.3 Å². The second-order valence-electron chi connectivity index (χ2n) is 7.00. The molecule has 0 unspecified atom stereocenters. The zero-order chi connectivity index (χ0) is 21.0. The number of nitrogens with one attached hydrogen (secondary N) is 1. The van der Waals surface area contributed by atoms with Gasteiger partial charge < -0.3 is 10.2 Å². The molecule has 1 saturated heterocycles. The molecule has 0 aliphatic carbocycles. The third-order valence-electron chi connectivity index (χ3n) is 4.87. The summed E-state index contributed by atoms with van der Waals surface area (Å²) < 4.78 is 22.5. The summed E-state index contributed by atoms with van der Waals surface area (Å²) >= 11 is 6.15. The molecule has 0 bridgehead atoms. The summed E-state index contributed by atoms with van der Waals surface area (Å²) in [5.74, 6) is -0.625. The molecule has 1 aliphatic rings. The first-order valence-corrected chi connectivity index (χ1v) is 11.1. The second kappa shape index (κ2) is 8.94. The van der Waals surface area contributed by atoms with E-state index in [0.29, 0.717) is 31.1 Å². The molecule has 154 valence electrons. The third kappa shape index (κ3) is 5.56. The van der Waals surface area contributed by atoms with Crippen LogP contribution in [0.4, 0.5) is 0 Å². The Morgan fingerprint density at radius 2 is 1.86 bits per heavy atom. The van der Waals surface area contributed by atoms with E-state index >= 15 is 0 Å². The average molecular weight is 436 g/mol. The van der Waals surface area contributed by atoms with E-state index in [1.807, 2.05) is 18.2 Å². The number of carbonyl (C=O) groups excluding carboxylic acids is 2. The van der Waals surface area contributed by atoms with Crippen molar-refractivity contribution in [3.63, 3.8) is 0 Å². The predicted molar refractivity (Wildman–Crippen MR) is 110 cm³/mol. The standard InChI is InChI=1S/C20H22ClN3O4S/c21-18-4-2-1-3-15(18)12-24-13-16(11-19(24)25)20(26)23-10-9-14-5-7-17(8-6-14)29(22,27)28/h1-8,16H,9-13H2,(H,23,26)(H2,22,27,28)/t16-/m1/s1. The van der Waals surface area contributed by atoms with Crippen LogP contribution >= 0.6 is 11.6 Å². The third-order valence-corrected chi connectivity index (χ3v) is 6.17. The second-order valence-corrected chi connectivity index (χ2v) is 8.97. The maximum atomic E-state index is 12.4. The normalized spacial score (nSPS) is 16.8. The minimum atomic E-state index is -3.72. The molecule has 1 fully saturated rings. The van der Waals surface area contributed by atoms with Crippen molar-refractivity contribution in [3.8, 4) is 0 Å².